The third-order valence-corrected chi connectivity index (χ3v) is 4.91. The number of para-hydroxylation sites is 1. The Morgan fingerprint density at radius 2 is 2.06 bits per heavy atom. The summed E-state index contributed by atoms with van der Waals surface area (Å²) >= 11 is 0. The molecule has 31 heavy (non-hydrogen) atoms. The molecule has 2 aromatic carbocycles. The van der Waals surface area contributed by atoms with E-state index >= 15 is 0 Å². The van der Waals surface area contributed by atoms with Crippen LogP contribution in [0.4, 0.5) is 0 Å². The number of carbonyl (C=O) groups excluding carboxylic acids is 1. The fraction of sp³-hybridized carbons (Fsp3) is 0.333. The highest BCUT2D eigenvalue weighted by molar-refractivity contribution is 5.72. The number of carbonyl (C=O) groups is 1. The lowest BCUT2D eigenvalue weighted by Crippen LogP contribution is -2.51. The summed E-state index contributed by atoms with van der Waals surface area (Å²) in [5.74, 6) is 0.786. The van der Waals surface area contributed by atoms with E-state index < -0.39 is 17.7 Å². The molecule has 2 N–H and O–H groups in total. The van der Waals surface area contributed by atoms with Crippen LogP contribution in [0, 0.1) is 11.3 Å². The molecule has 7 nitrogen and oxygen atoms in total. The highest BCUT2D eigenvalue weighted by Crippen LogP contribution is 2.40. The molecule has 1 aliphatic heterocycles. The molecule has 1 heterocycles. The van der Waals surface area contributed by atoms with Crippen molar-refractivity contribution in [2.75, 3.05) is 13.2 Å². The number of rotatable bonds is 8. The number of hydrogen-bond acceptors (Lipinski definition) is 7. The van der Waals surface area contributed by atoms with E-state index in [1.54, 1.807) is 54.7 Å². The van der Waals surface area contributed by atoms with Gasteiger partial charge in [-0.05, 0) is 56.5 Å². The van der Waals surface area contributed by atoms with Crippen LogP contribution in [0.25, 0.3) is 0 Å². The van der Waals surface area contributed by atoms with Crippen LogP contribution in [-0.4, -0.2) is 36.0 Å². The SMILES string of the molecule is CC1(C)Oc2ccc(C#N)cc2[C@@H](N/C=C/COCCC(=O)Oc2ccccc2)[C@@H]1O. The number of benzene rings is 2. The zero-order valence-corrected chi connectivity index (χ0v) is 17.6. The molecular formula is C24H26N2O5. The van der Waals surface area contributed by atoms with Gasteiger partial charge < -0.3 is 24.6 Å². The van der Waals surface area contributed by atoms with E-state index in [9.17, 15) is 15.2 Å². The highest BCUT2D eigenvalue weighted by atomic mass is 16.5. The number of hydrogen-bond donors (Lipinski definition) is 2. The molecule has 0 saturated heterocycles. The lowest BCUT2D eigenvalue weighted by Gasteiger charge is -2.42. The predicted octanol–water partition coefficient (Wildman–Crippen LogP) is 3.25. The van der Waals surface area contributed by atoms with Gasteiger partial charge in [-0.25, -0.2) is 0 Å². The van der Waals surface area contributed by atoms with E-state index in [0.717, 1.165) is 5.56 Å². The summed E-state index contributed by atoms with van der Waals surface area (Å²) in [6.07, 6.45) is 2.77. The summed E-state index contributed by atoms with van der Waals surface area (Å²) in [4.78, 5) is 11.8. The molecule has 0 unspecified atom stereocenters. The minimum absolute atomic E-state index is 0.146. The third-order valence-electron chi connectivity index (χ3n) is 4.91. The van der Waals surface area contributed by atoms with E-state index in [1.165, 1.54) is 0 Å². The van der Waals surface area contributed by atoms with Crippen LogP contribution in [0.1, 0.15) is 37.4 Å². The van der Waals surface area contributed by atoms with Gasteiger partial charge in [0.25, 0.3) is 0 Å². The van der Waals surface area contributed by atoms with Gasteiger partial charge in [-0.3, -0.25) is 4.79 Å². The molecule has 0 radical (unpaired) electrons. The first-order valence-corrected chi connectivity index (χ1v) is 10.1. The Labute approximate surface area is 181 Å². The molecule has 3 rings (SSSR count). The minimum Gasteiger partial charge on any atom is -0.485 e. The first-order valence-electron chi connectivity index (χ1n) is 10.1. The van der Waals surface area contributed by atoms with Gasteiger partial charge >= 0.3 is 5.97 Å². The van der Waals surface area contributed by atoms with Gasteiger partial charge in [0.05, 0.1) is 37.3 Å². The monoisotopic (exact) mass is 422 g/mol. The van der Waals surface area contributed by atoms with Crippen molar-refractivity contribution in [1.82, 2.24) is 5.32 Å². The van der Waals surface area contributed by atoms with Crippen molar-refractivity contribution < 1.29 is 24.1 Å². The van der Waals surface area contributed by atoms with Crippen molar-refractivity contribution in [3.05, 3.63) is 71.9 Å². The Hall–Kier alpha value is -3.34. The molecule has 1 aliphatic rings. The maximum atomic E-state index is 11.8. The Morgan fingerprint density at radius 3 is 2.81 bits per heavy atom. The van der Waals surface area contributed by atoms with Crippen LogP contribution in [0.15, 0.2) is 60.8 Å². The standard InChI is InChI=1S/C24H26N2O5/c1-24(2)23(28)22(19-15-17(16-25)9-10-20(19)31-24)26-12-6-13-29-14-11-21(27)30-18-7-4-3-5-8-18/h3-10,12,15,22-23,26,28H,11,13-14H2,1-2H3/b12-6+/t22-,23+/m1/s1. The normalized spacial score (nSPS) is 19.2. The second-order valence-electron chi connectivity index (χ2n) is 7.67. The lowest BCUT2D eigenvalue weighted by molar-refractivity contribution is -0.135. The zero-order valence-electron chi connectivity index (χ0n) is 17.6. The number of esters is 1. The topological polar surface area (TPSA) is 101 Å². The van der Waals surface area contributed by atoms with Crippen molar-refractivity contribution in [3.8, 4) is 17.6 Å². The number of ether oxygens (including phenoxy) is 3. The number of nitrogens with one attached hydrogen (secondary N) is 1. The van der Waals surface area contributed by atoms with E-state index in [4.69, 9.17) is 14.2 Å². The van der Waals surface area contributed by atoms with E-state index in [-0.39, 0.29) is 19.0 Å². The Bertz CT molecular complexity index is 966. The molecule has 0 aromatic heterocycles. The number of aliphatic hydroxyl groups excluding tert-OH is 1. The van der Waals surface area contributed by atoms with Gasteiger partial charge in [-0.1, -0.05) is 18.2 Å². The maximum Gasteiger partial charge on any atom is 0.313 e. The molecule has 0 saturated carbocycles. The maximum absolute atomic E-state index is 11.8. The van der Waals surface area contributed by atoms with Gasteiger partial charge in [0.2, 0.25) is 0 Å². The highest BCUT2D eigenvalue weighted by Gasteiger charge is 2.42. The van der Waals surface area contributed by atoms with Crippen LogP contribution in [0.5, 0.6) is 11.5 Å². The number of fused-ring (bicyclic) bond motifs is 1. The van der Waals surface area contributed by atoms with Crippen molar-refractivity contribution in [2.24, 2.45) is 0 Å². The molecule has 2 atom stereocenters. The van der Waals surface area contributed by atoms with Crippen LogP contribution in [-0.2, 0) is 9.53 Å². The van der Waals surface area contributed by atoms with Crippen LogP contribution < -0.4 is 14.8 Å². The molecule has 2 aromatic rings. The van der Waals surface area contributed by atoms with Crippen LogP contribution in [0.3, 0.4) is 0 Å². The molecule has 0 amide bonds. The lowest BCUT2D eigenvalue weighted by atomic mass is 9.86. The van der Waals surface area contributed by atoms with Crippen LogP contribution in [0.2, 0.25) is 0 Å². The van der Waals surface area contributed by atoms with Crippen molar-refractivity contribution in [1.29, 1.82) is 5.26 Å². The van der Waals surface area contributed by atoms with Gasteiger partial charge in [0, 0.05) is 5.56 Å². The smallest absolute Gasteiger partial charge is 0.313 e. The number of aliphatic hydroxyl groups is 1. The van der Waals surface area contributed by atoms with Crippen molar-refractivity contribution >= 4 is 5.97 Å². The summed E-state index contributed by atoms with van der Waals surface area (Å²) in [6, 6.07) is 15.7. The molecule has 7 heteroatoms. The number of nitrogens with zero attached hydrogens (tertiary/aromatic N) is 1. The largest absolute Gasteiger partial charge is 0.485 e. The summed E-state index contributed by atoms with van der Waals surface area (Å²) in [6.45, 7) is 4.15. The quantitative estimate of drug-likeness (QED) is 0.383. The third kappa shape index (κ3) is 5.85. The first-order chi connectivity index (χ1) is 14.9. The average molecular weight is 422 g/mol. The summed E-state index contributed by atoms with van der Waals surface area (Å²) in [5.41, 5.74) is 0.429. The first kappa shape index (κ1) is 22.3. The van der Waals surface area contributed by atoms with Gasteiger partial charge in [0.15, 0.2) is 0 Å². The molecule has 0 bridgehead atoms. The minimum atomic E-state index is -0.827. The summed E-state index contributed by atoms with van der Waals surface area (Å²) in [7, 11) is 0. The summed E-state index contributed by atoms with van der Waals surface area (Å²) in [5, 5.41) is 23.1. The van der Waals surface area contributed by atoms with E-state index in [2.05, 4.69) is 11.4 Å². The molecule has 0 fully saturated rings. The average Bonchev–Trinajstić information content (AvgIpc) is 2.75. The molecule has 0 spiro atoms. The second-order valence-corrected chi connectivity index (χ2v) is 7.67. The number of nitriles is 1. The van der Waals surface area contributed by atoms with Crippen LogP contribution >= 0.6 is 0 Å². The Kier molecular flexibility index (Phi) is 7.29. The second kappa shape index (κ2) is 10.1. The van der Waals surface area contributed by atoms with Crippen molar-refractivity contribution in [3.63, 3.8) is 0 Å². The van der Waals surface area contributed by atoms with Gasteiger partial charge in [-0.2, -0.15) is 5.26 Å². The molecular weight excluding hydrogens is 396 g/mol. The summed E-state index contributed by atoms with van der Waals surface area (Å²) < 4.78 is 16.5. The fourth-order valence-electron chi connectivity index (χ4n) is 3.25. The zero-order chi connectivity index (χ0) is 22.3. The predicted molar refractivity (Wildman–Crippen MR) is 114 cm³/mol. The molecule has 162 valence electrons. The van der Waals surface area contributed by atoms with Gasteiger partial charge in [0.1, 0.15) is 23.2 Å². The Morgan fingerprint density at radius 1 is 1.29 bits per heavy atom. The Balaban J connectivity index is 1.48. The van der Waals surface area contributed by atoms with E-state index in [1.807, 2.05) is 19.9 Å². The van der Waals surface area contributed by atoms with Gasteiger partial charge in [-0.15, -0.1) is 0 Å². The van der Waals surface area contributed by atoms with E-state index in [0.29, 0.717) is 23.7 Å². The fourth-order valence-corrected chi connectivity index (χ4v) is 3.25. The van der Waals surface area contributed by atoms with Crippen molar-refractivity contribution in [2.45, 2.75) is 38.0 Å². The molecule has 0 aliphatic carbocycles.